The number of nitrogen functional groups attached to an aromatic ring is 1. The predicted octanol–water partition coefficient (Wildman–Crippen LogP) is 4.86. The fraction of sp³-hybridized carbons (Fsp3) is 0.208. The number of nitrogens with one attached hydrogen (secondary N) is 2. The number of nitrogens with zero attached hydrogens (tertiary/aromatic N) is 1. The largest absolute Gasteiger partial charge is 0.445 e. The van der Waals surface area contributed by atoms with Crippen molar-refractivity contribution in [3.8, 4) is 0 Å². The second-order valence-electron chi connectivity index (χ2n) is 5.88. The fourth-order valence-electron chi connectivity index (χ4n) is 1.98. The molecule has 0 bridgehead atoms. The number of ether oxygens (including phenoxy) is 1. The Morgan fingerprint density at radius 2 is 1.81 bits per heavy atom. The van der Waals surface area contributed by atoms with Crippen LogP contribution in [0.15, 0.2) is 78.5 Å². The first-order valence-corrected chi connectivity index (χ1v) is 9.79. The van der Waals surface area contributed by atoms with Crippen molar-refractivity contribution in [3.05, 3.63) is 84.6 Å². The number of hydrogen-bond acceptors (Lipinski definition) is 5. The number of carbonyl (C=O) groups is 2. The van der Waals surface area contributed by atoms with E-state index in [9.17, 15) is 9.59 Å². The maximum atomic E-state index is 11.4. The Morgan fingerprint density at radius 3 is 2.39 bits per heavy atom. The van der Waals surface area contributed by atoms with Crippen LogP contribution in [-0.2, 0) is 16.1 Å². The lowest BCUT2D eigenvalue weighted by Crippen LogP contribution is -2.24. The minimum atomic E-state index is -0.478. The molecule has 2 amide bonds. The normalized spacial score (nSPS) is 9.26. The number of hydrogen-bond donors (Lipinski definition) is 3. The maximum absolute atomic E-state index is 11.4. The second kappa shape index (κ2) is 17.0. The zero-order valence-corrected chi connectivity index (χ0v) is 18.4. The number of aliphatic imine (C=N–C) groups is 1. The van der Waals surface area contributed by atoms with Gasteiger partial charge in [-0.25, -0.2) is 4.79 Å². The lowest BCUT2D eigenvalue weighted by Gasteiger charge is -2.07. The van der Waals surface area contributed by atoms with Gasteiger partial charge in [-0.2, -0.15) is 0 Å². The lowest BCUT2D eigenvalue weighted by atomic mass is 10.1. The minimum absolute atomic E-state index is 0.108. The van der Waals surface area contributed by atoms with Crippen LogP contribution in [0.3, 0.4) is 0 Å². The molecule has 0 aliphatic rings. The van der Waals surface area contributed by atoms with Gasteiger partial charge in [-0.1, -0.05) is 69.0 Å². The lowest BCUT2D eigenvalue weighted by molar-refractivity contribution is -0.105. The van der Waals surface area contributed by atoms with Crippen molar-refractivity contribution >= 4 is 30.1 Å². The highest BCUT2D eigenvalue weighted by molar-refractivity contribution is 5.79. The molecule has 31 heavy (non-hydrogen) atoms. The van der Waals surface area contributed by atoms with E-state index in [0.29, 0.717) is 29.9 Å². The molecule has 0 atom stereocenters. The summed E-state index contributed by atoms with van der Waals surface area (Å²) in [5, 5.41) is 5.13. The molecule has 2 aromatic carbocycles. The monoisotopic (exact) mass is 424 g/mol. The van der Waals surface area contributed by atoms with E-state index < -0.39 is 6.09 Å². The van der Waals surface area contributed by atoms with Gasteiger partial charge in [0.2, 0.25) is 6.41 Å². The molecule has 0 fully saturated rings. The molecule has 0 aliphatic heterocycles. The van der Waals surface area contributed by atoms with Crippen molar-refractivity contribution in [2.24, 2.45) is 4.99 Å². The molecule has 0 unspecified atom stereocenters. The number of anilines is 2. The first kappa shape index (κ1) is 27.1. The van der Waals surface area contributed by atoms with E-state index in [1.54, 1.807) is 12.1 Å². The number of nitrogens with two attached hydrogens (primary N) is 1. The third kappa shape index (κ3) is 13.1. The van der Waals surface area contributed by atoms with Gasteiger partial charge >= 0.3 is 6.09 Å². The average molecular weight is 425 g/mol. The van der Waals surface area contributed by atoms with Crippen LogP contribution < -0.4 is 16.4 Å². The third-order valence-corrected chi connectivity index (χ3v) is 3.48. The molecule has 0 aliphatic carbocycles. The van der Waals surface area contributed by atoms with Crippen LogP contribution in [0.1, 0.15) is 25.0 Å². The van der Waals surface area contributed by atoms with E-state index in [4.69, 9.17) is 10.5 Å². The van der Waals surface area contributed by atoms with Crippen LogP contribution in [0.4, 0.5) is 16.2 Å². The summed E-state index contributed by atoms with van der Waals surface area (Å²) >= 11 is 0. The van der Waals surface area contributed by atoms with Crippen LogP contribution in [0, 0.1) is 6.92 Å². The van der Waals surface area contributed by atoms with Crippen LogP contribution in [0.25, 0.3) is 0 Å². The molecule has 0 aromatic heterocycles. The van der Waals surface area contributed by atoms with Gasteiger partial charge in [-0.3, -0.25) is 9.79 Å². The van der Waals surface area contributed by atoms with Gasteiger partial charge in [-0.05, 0) is 24.6 Å². The fourth-order valence-corrected chi connectivity index (χ4v) is 1.98. The van der Waals surface area contributed by atoms with Gasteiger partial charge in [0.05, 0.1) is 11.4 Å². The first-order valence-electron chi connectivity index (χ1n) is 9.79. The van der Waals surface area contributed by atoms with Gasteiger partial charge in [0.15, 0.2) is 0 Å². The molecule has 166 valence electrons. The molecule has 0 heterocycles. The molecule has 0 radical (unpaired) electrons. The van der Waals surface area contributed by atoms with Gasteiger partial charge in [-0.15, -0.1) is 0 Å². The summed E-state index contributed by atoms with van der Waals surface area (Å²) < 4.78 is 4.97. The van der Waals surface area contributed by atoms with Crippen LogP contribution in [-0.4, -0.2) is 25.3 Å². The summed E-state index contributed by atoms with van der Waals surface area (Å²) in [6, 6.07) is 15.0. The smallest absolute Gasteiger partial charge is 0.407 e. The molecule has 0 saturated heterocycles. The van der Waals surface area contributed by atoms with Crippen LogP contribution >= 0.6 is 0 Å². The molecule has 0 spiro atoms. The number of benzene rings is 2. The van der Waals surface area contributed by atoms with Crippen molar-refractivity contribution in [1.82, 2.24) is 5.32 Å². The van der Waals surface area contributed by atoms with E-state index >= 15 is 0 Å². The van der Waals surface area contributed by atoms with E-state index in [-0.39, 0.29) is 6.61 Å². The second-order valence-corrected chi connectivity index (χ2v) is 5.88. The Bertz CT molecular complexity index is 846. The highest BCUT2D eigenvalue weighted by atomic mass is 16.5. The summed E-state index contributed by atoms with van der Waals surface area (Å²) in [7, 11) is 0. The van der Waals surface area contributed by atoms with Crippen molar-refractivity contribution < 1.29 is 14.3 Å². The quantitative estimate of drug-likeness (QED) is 0.320. The standard InChI is InChI=1S/C15H18N2O2.C7H8N2O.C2H6/c1-4-16-9-13(3)11-19-15(18)17-10-14-7-5-12(2)6-8-14;8-6-3-1-2-4-7(6)9-5-10;1-2/h4-9H,1,3,10-11H2,2H3,(H,17,18);1-5H,8H2,(H,9,10);1-2H3. The third-order valence-electron chi connectivity index (χ3n) is 3.48. The van der Waals surface area contributed by atoms with Crippen molar-refractivity contribution in [2.75, 3.05) is 17.7 Å². The van der Waals surface area contributed by atoms with Crippen LogP contribution in [0.5, 0.6) is 0 Å². The summed E-state index contributed by atoms with van der Waals surface area (Å²) in [5.74, 6) is 0. The van der Waals surface area contributed by atoms with Crippen LogP contribution in [0.2, 0.25) is 0 Å². The van der Waals surface area contributed by atoms with E-state index in [0.717, 1.165) is 5.56 Å². The molecule has 2 rings (SSSR count). The van der Waals surface area contributed by atoms with Gasteiger partial charge < -0.3 is 21.1 Å². The Morgan fingerprint density at radius 1 is 1.16 bits per heavy atom. The van der Waals surface area contributed by atoms with Gasteiger partial charge in [0.1, 0.15) is 6.61 Å². The number of amides is 2. The number of para-hydroxylation sites is 2. The Balaban J connectivity index is 0.000000628. The van der Waals surface area contributed by atoms with E-state index in [2.05, 4.69) is 28.8 Å². The summed E-state index contributed by atoms with van der Waals surface area (Å²) in [4.78, 5) is 25.2. The Labute approximate surface area is 184 Å². The van der Waals surface area contributed by atoms with E-state index in [1.807, 2.05) is 57.2 Å². The minimum Gasteiger partial charge on any atom is -0.445 e. The van der Waals surface area contributed by atoms with Gasteiger partial charge in [0, 0.05) is 24.5 Å². The highest BCUT2D eigenvalue weighted by Gasteiger charge is 2.02. The number of aryl methyl sites for hydroxylation is 1. The predicted molar refractivity (Wildman–Crippen MR) is 129 cm³/mol. The van der Waals surface area contributed by atoms with Crippen molar-refractivity contribution in [2.45, 2.75) is 27.3 Å². The topological polar surface area (TPSA) is 106 Å². The maximum Gasteiger partial charge on any atom is 0.407 e. The molecule has 0 saturated carbocycles. The van der Waals surface area contributed by atoms with Crippen molar-refractivity contribution in [1.29, 1.82) is 0 Å². The summed E-state index contributed by atoms with van der Waals surface area (Å²) in [5.41, 5.74) is 9.52. The summed E-state index contributed by atoms with van der Waals surface area (Å²) in [6.07, 6.45) is 3.02. The molecule has 7 heteroatoms. The zero-order chi connectivity index (χ0) is 23.5. The Kier molecular flexibility index (Phi) is 14.9. The average Bonchev–Trinajstić information content (AvgIpc) is 2.79. The van der Waals surface area contributed by atoms with E-state index in [1.165, 1.54) is 18.0 Å². The number of carbonyl (C=O) groups excluding carboxylic acids is 2. The van der Waals surface area contributed by atoms with Gasteiger partial charge in [0.25, 0.3) is 0 Å². The number of rotatable bonds is 8. The first-order chi connectivity index (χ1) is 15.0. The summed E-state index contributed by atoms with van der Waals surface area (Å²) in [6.45, 7) is 13.7. The molecular weight excluding hydrogens is 392 g/mol. The Hall–Kier alpha value is -3.87. The molecule has 7 nitrogen and oxygen atoms in total. The molecule has 2 aromatic rings. The number of alkyl carbamates (subject to hydrolysis) is 1. The zero-order valence-electron chi connectivity index (χ0n) is 18.4. The molecule has 4 N–H and O–H groups in total. The molecular formula is C24H32N4O3. The SMILES string of the molecule is C=CN=CC(=C)COC(=O)NCc1ccc(C)cc1.CC.Nc1ccccc1NC=O. The highest BCUT2D eigenvalue weighted by Crippen LogP contribution is 2.14. The van der Waals surface area contributed by atoms with Crippen molar-refractivity contribution in [3.63, 3.8) is 0 Å².